The lowest BCUT2D eigenvalue weighted by Gasteiger charge is -2.03. The van der Waals surface area contributed by atoms with Crippen molar-refractivity contribution >= 4 is 21.9 Å². The van der Waals surface area contributed by atoms with E-state index in [4.69, 9.17) is 4.55 Å². The Bertz CT molecular complexity index is 604. The zero-order chi connectivity index (χ0) is 13.0. The van der Waals surface area contributed by atoms with Crippen LogP contribution in [0.25, 0.3) is 0 Å². The first-order chi connectivity index (χ1) is 8.55. The van der Waals surface area contributed by atoms with Gasteiger partial charge in [0.05, 0.1) is 4.90 Å². The average Bonchev–Trinajstić information content (AvgIpc) is 2.37. The van der Waals surface area contributed by atoms with Crippen LogP contribution >= 0.6 is 11.8 Å². The Morgan fingerprint density at radius 2 is 1.56 bits per heavy atom. The first kappa shape index (κ1) is 13.1. The number of benzene rings is 2. The summed E-state index contributed by atoms with van der Waals surface area (Å²) in [6, 6.07) is 16.2. The summed E-state index contributed by atoms with van der Waals surface area (Å²) in [6.45, 7) is 0. The van der Waals surface area contributed by atoms with E-state index in [1.807, 2.05) is 30.3 Å². The third-order valence-electron chi connectivity index (χ3n) is 2.37. The Kier molecular flexibility index (Phi) is 4.06. The van der Waals surface area contributed by atoms with E-state index in [2.05, 4.69) is 0 Å². The van der Waals surface area contributed by atoms with Gasteiger partial charge in [-0.2, -0.15) is 8.42 Å². The van der Waals surface area contributed by atoms with E-state index in [-0.39, 0.29) is 4.90 Å². The Morgan fingerprint density at radius 1 is 0.944 bits per heavy atom. The Hall–Kier alpha value is -1.30. The van der Waals surface area contributed by atoms with Crippen molar-refractivity contribution < 1.29 is 13.0 Å². The average molecular weight is 280 g/mol. The third kappa shape index (κ3) is 3.60. The molecule has 2 aromatic carbocycles. The molecule has 0 aliphatic rings. The predicted molar refractivity (Wildman–Crippen MR) is 72.3 cm³/mol. The largest absolute Gasteiger partial charge is 0.294 e. The minimum atomic E-state index is -4.09. The molecule has 3 nitrogen and oxygen atoms in total. The maximum atomic E-state index is 10.9. The summed E-state index contributed by atoms with van der Waals surface area (Å²) in [6.07, 6.45) is 0. The first-order valence-electron chi connectivity index (χ1n) is 5.30. The van der Waals surface area contributed by atoms with Crippen molar-refractivity contribution in [1.29, 1.82) is 0 Å². The van der Waals surface area contributed by atoms with Crippen molar-refractivity contribution in [3.05, 3.63) is 60.2 Å². The van der Waals surface area contributed by atoms with E-state index in [0.29, 0.717) is 0 Å². The minimum Gasteiger partial charge on any atom is -0.282 e. The van der Waals surface area contributed by atoms with Crippen molar-refractivity contribution in [3.63, 3.8) is 0 Å². The standard InChI is InChI=1S/C13H12O3S2/c14-18(15,16)13-8-6-11(7-9-13)10-17-12-4-2-1-3-5-12/h1-9H,10H2,(H,14,15,16). The summed E-state index contributed by atoms with van der Waals surface area (Å²) in [7, 11) is -4.09. The molecule has 0 spiro atoms. The molecular formula is C13H12O3S2. The van der Waals surface area contributed by atoms with Gasteiger partial charge in [-0.05, 0) is 29.8 Å². The second-order valence-electron chi connectivity index (χ2n) is 3.72. The van der Waals surface area contributed by atoms with E-state index >= 15 is 0 Å². The number of thioether (sulfide) groups is 1. The Morgan fingerprint density at radius 3 is 2.11 bits per heavy atom. The fraction of sp³-hybridized carbons (Fsp3) is 0.0769. The van der Waals surface area contributed by atoms with Gasteiger partial charge in [0, 0.05) is 10.6 Å². The van der Waals surface area contributed by atoms with Gasteiger partial charge in [0.15, 0.2) is 0 Å². The van der Waals surface area contributed by atoms with Gasteiger partial charge in [-0.1, -0.05) is 30.3 Å². The highest BCUT2D eigenvalue weighted by molar-refractivity contribution is 7.98. The molecule has 1 N–H and O–H groups in total. The number of hydrogen-bond donors (Lipinski definition) is 1. The van der Waals surface area contributed by atoms with E-state index in [9.17, 15) is 8.42 Å². The van der Waals surface area contributed by atoms with Gasteiger partial charge >= 0.3 is 0 Å². The van der Waals surface area contributed by atoms with Gasteiger partial charge in [-0.3, -0.25) is 4.55 Å². The molecule has 94 valence electrons. The van der Waals surface area contributed by atoms with Gasteiger partial charge in [0.2, 0.25) is 0 Å². The summed E-state index contributed by atoms with van der Waals surface area (Å²) >= 11 is 1.67. The Labute approximate surface area is 111 Å². The molecule has 0 aliphatic heterocycles. The van der Waals surface area contributed by atoms with Crippen LogP contribution in [-0.2, 0) is 15.9 Å². The van der Waals surface area contributed by atoms with Gasteiger partial charge in [0.25, 0.3) is 10.1 Å². The molecule has 0 amide bonds. The van der Waals surface area contributed by atoms with Crippen molar-refractivity contribution in [2.24, 2.45) is 0 Å². The van der Waals surface area contributed by atoms with Crippen LogP contribution in [0, 0.1) is 0 Å². The van der Waals surface area contributed by atoms with Crippen molar-refractivity contribution in [2.45, 2.75) is 15.5 Å². The molecule has 0 fully saturated rings. The van der Waals surface area contributed by atoms with Crippen molar-refractivity contribution in [1.82, 2.24) is 0 Å². The highest BCUT2D eigenvalue weighted by Crippen LogP contribution is 2.22. The summed E-state index contributed by atoms with van der Waals surface area (Å²) in [5.74, 6) is 0.760. The molecule has 5 heteroatoms. The van der Waals surface area contributed by atoms with Crippen LogP contribution < -0.4 is 0 Å². The van der Waals surface area contributed by atoms with Gasteiger partial charge in [-0.15, -0.1) is 11.8 Å². The smallest absolute Gasteiger partial charge is 0.282 e. The first-order valence-corrected chi connectivity index (χ1v) is 7.72. The summed E-state index contributed by atoms with van der Waals surface area (Å²) < 4.78 is 30.6. The van der Waals surface area contributed by atoms with Crippen LogP contribution in [0.4, 0.5) is 0 Å². The lowest BCUT2D eigenvalue weighted by molar-refractivity contribution is 0.483. The van der Waals surface area contributed by atoms with E-state index in [0.717, 1.165) is 16.2 Å². The van der Waals surface area contributed by atoms with Crippen LogP contribution in [0.15, 0.2) is 64.4 Å². The molecule has 0 heterocycles. The molecule has 0 radical (unpaired) electrons. The fourth-order valence-corrected chi connectivity index (χ4v) is 2.80. The van der Waals surface area contributed by atoms with Crippen LogP contribution in [-0.4, -0.2) is 13.0 Å². The maximum absolute atomic E-state index is 10.9. The van der Waals surface area contributed by atoms with Gasteiger partial charge in [-0.25, -0.2) is 0 Å². The van der Waals surface area contributed by atoms with Crippen LogP contribution in [0.3, 0.4) is 0 Å². The molecule has 0 bridgehead atoms. The zero-order valence-corrected chi connectivity index (χ0v) is 11.1. The lowest BCUT2D eigenvalue weighted by atomic mass is 10.2. The molecule has 2 aromatic rings. The molecule has 0 atom stereocenters. The maximum Gasteiger partial charge on any atom is 0.294 e. The predicted octanol–water partition coefficient (Wildman–Crippen LogP) is 3.23. The summed E-state index contributed by atoms with van der Waals surface area (Å²) in [4.78, 5) is 1.09. The molecule has 2 rings (SSSR count). The molecular weight excluding hydrogens is 268 g/mol. The highest BCUT2D eigenvalue weighted by Gasteiger charge is 2.08. The van der Waals surface area contributed by atoms with Crippen molar-refractivity contribution in [3.8, 4) is 0 Å². The summed E-state index contributed by atoms with van der Waals surface area (Å²) in [5, 5.41) is 0. The fourth-order valence-electron chi connectivity index (χ4n) is 1.44. The third-order valence-corrected chi connectivity index (χ3v) is 4.32. The van der Waals surface area contributed by atoms with E-state index in [1.165, 1.54) is 12.1 Å². The zero-order valence-electron chi connectivity index (χ0n) is 9.48. The SMILES string of the molecule is O=S(=O)(O)c1ccc(CSc2ccccc2)cc1. The minimum absolute atomic E-state index is 0.0732. The monoisotopic (exact) mass is 280 g/mol. The molecule has 0 saturated carbocycles. The molecule has 0 unspecified atom stereocenters. The number of hydrogen-bond acceptors (Lipinski definition) is 3. The second-order valence-corrected chi connectivity index (χ2v) is 6.19. The number of rotatable bonds is 4. The highest BCUT2D eigenvalue weighted by atomic mass is 32.2. The topological polar surface area (TPSA) is 54.4 Å². The molecule has 0 aliphatic carbocycles. The normalized spacial score (nSPS) is 11.4. The van der Waals surface area contributed by atoms with Crippen LogP contribution in [0.5, 0.6) is 0 Å². The second kappa shape index (κ2) is 5.56. The van der Waals surface area contributed by atoms with Gasteiger partial charge < -0.3 is 0 Å². The quantitative estimate of drug-likeness (QED) is 0.690. The van der Waals surface area contributed by atoms with Crippen LogP contribution in [0.1, 0.15) is 5.56 Å². The molecule has 0 aromatic heterocycles. The van der Waals surface area contributed by atoms with Crippen molar-refractivity contribution in [2.75, 3.05) is 0 Å². The lowest BCUT2D eigenvalue weighted by Crippen LogP contribution is -1.97. The Balaban J connectivity index is 2.03. The van der Waals surface area contributed by atoms with Gasteiger partial charge in [0.1, 0.15) is 0 Å². The van der Waals surface area contributed by atoms with E-state index < -0.39 is 10.1 Å². The molecule has 18 heavy (non-hydrogen) atoms. The van der Waals surface area contributed by atoms with Crippen LogP contribution in [0.2, 0.25) is 0 Å². The summed E-state index contributed by atoms with van der Waals surface area (Å²) in [5.41, 5.74) is 1.01. The molecule has 0 saturated heterocycles. The van der Waals surface area contributed by atoms with E-state index in [1.54, 1.807) is 23.9 Å².